The Balaban J connectivity index is 2.16. The van der Waals surface area contributed by atoms with Crippen molar-refractivity contribution in [3.05, 3.63) is 46.7 Å². The Bertz CT molecular complexity index is 722. The van der Waals surface area contributed by atoms with Gasteiger partial charge in [-0.3, -0.25) is 9.69 Å². The first-order valence-corrected chi connectivity index (χ1v) is 9.59. The average molecular weight is 377 g/mol. The van der Waals surface area contributed by atoms with Crippen LogP contribution in [0, 0.1) is 0 Å². The molecule has 0 spiro atoms. The molecule has 1 aromatic carbocycles. The standard InChI is InChI=1S/C20H29ClN4O/c1-6-24(15(4)5)12-11-22-20(26)18-13-23-25(19(18)14(2)3)17-9-7-16(21)8-10-17/h7-10,13-15H,6,11-12H2,1-5H3,(H,22,26). The van der Waals surface area contributed by atoms with Gasteiger partial charge in [-0.1, -0.05) is 32.4 Å². The molecule has 0 aliphatic carbocycles. The summed E-state index contributed by atoms with van der Waals surface area (Å²) in [6.07, 6.45) is 1.65. The topological polar surface area (TPSA) is 50.2 Å². The quantitative estimate of drug-likeness (QED) is 0.754. The van der Waals surface area contributed by atoms with Crippen molar-refractivity contribution in [3.63, 3.8) is 0 Å². The molecule has 0 fully saturated rings. The lowest BCUT2D eigenvalue weighted by Gasteiger charge is -2.24. The summed E-state index contributed by atoms with van der Waals surface area (Å²) in [6, 6.07) is 7.94. The molecule has 0 saturated carbocycles. The number of benzene rings is 1. The zero-order valence-corrected chi connectivity index (χ0v) is 17.0. The van der Waals surface area contributed by atoms with Crippen LogP contribution in [0.3, 0.4) is 0 Å². The first-order valence-electron chi connectivity index (χ1n) is 9.21. The minimum absolute atomic E-state index is 0.0753. The molecule has 142 valence electrons. The summed E-state index contributed by atoms with van der Waals surface area (Å²) in [4.78, 5) is 15.0. The summed E-state index contributed by atoms with van der Waals surface area (Å²) in [7, 11) is 0. The molecule has 26 heavy (non-hydrogen) atoms. The van der Waals surface area contributed by atoms with Crippen LogP contribution < -0.4 is 5.32 Å². The van der Waals surface area contributed by atoms with Crippen molar-refractivity contribution in [1.29, 1.82) is 0 Å². The van der Waals surface area contributed by atoms with Crippen molar-refractivity contribution < 1.29 is 4.79 Å². The maximum atomic E-state index is 12.7. The molecule has 2 rings (SSSR count). The second kappa shape index (κ2) is 9.19. The average Bonchev–Trinajstić information content (AvgIpc) is 3.04. The number of hydrogen-bond donors (Lipinski definition) is 1. The fraction of sp³-hybridized carbons (Fsp3) is 0.500. The molecule has 0 unspecified atom stereocenters. The monoisotopic (exact) mass is 376 g/mol. The van der Waals surface area contributed by atoms with Crippen molar-refractivity contribution in [1.82, 2.24) is 20.0 Å². The smallest absolute Gasteiger partial charge is 0.254 e. The van der Waals surface area contributed by atoms with Gasteiger partial charge in [-0.05, 0) is 50.6 Å². The number of rotatable bonds is 8. The van der Waals surface area contributed by atoms with Crippen LogP contribution in [0.15, 0.2) is 30.5 Å². The van der Waals surface area contributed by atoms with E-state index in [9.17, 15) is 4.79 Å². The molecular weight excluding hydrogens is 348 g/mol. The summed E-state index contributed by atoms with van der Waals surface area (Å²) < 4.78 is 1.82. The summed E-state index contributed by atoms with van der Waals surface area (Å²) >= 11 is 5.98. The Hall–Kier alpha value is -1.85. The van der Waals surface area contributed by atoms with E-state index in [1.807, 2.05) is 28.9 Å². The number of nitrogens with one attached hydrogen (secondary N) is 1. The Morgan fingerprint density at radius 1 is 1.23 bits per heavy atom. The SMILES string of the molecule is CCN(CCNC(=O)c1cnn(-c2ccc(Cl)cc2)c1C(C)C)C(C)C. The first-order chi connectivity index (χ1) is 12.3. The van der Waals surface area contributed by atoms with Crippen molar-refractivity contribution in [2.24, 2.45) is 0 Å². The molecule has 0 saturated heterocycles. The van der Waals surface area contributed by atoms with E-state index in [0.29, 0.717) is 23.2 Å². The van der Waals surface area contributed by atoms with Gasteiger partial charge in [-0.25, -0.2) is 4.68 Å². The fourth-order valence-corrected chi connectivity index (χ4v) is 3.19. The molecule has 0 aliphatic rings. The van der Waals surface area contributed by atoms with Gasteiger partial charge in [0.25, 0.3) is 5.91 Å². The molecule has 0 atom stereocenters. The van der Waals surface area contributed by atoms with Crippen molar-refractivity contribution in [2.75, 3.05) is 19.6 Å². The summed E-state index contributed by atoms with van der Waals surface area (Å²) in [5.41, 5.74) is 2.43. The van der Waals surface area contributed by atoms with E-state index >= 15 is 0 Å². The minimum atomic E-state index is -0.0753. The van der Waals surface area contributed by atoms with Crippen LogP contribution in [0.1, 0.15) is 56.6 Å². The molecule has 1 aromatic heterocycles. The Morgan fingerprint density at radius 3 is 2.42 bits per heavy atom. The lowest BCUT2D eigenvalue weighted by Crippen LogP contribution is -2.38. The third kappa shape index (κ3) is 4.86. The zero-order valence-electron chi connectivity index (χ0n) is 16.3. The van der Waals surface area contributed by atoms with Gasteiger partial charge in [-0.15, -0.1) is 0 Å². The number of hydrogen-bond acceptors (Lipinski definition) is 3. The van der Waals surface area contributed by atoms with Gasteiger partial charge in [0.05, 0.1) is 23.1 Å². The van der Waals surface area contributed by atoms with Gasteiger partial charge in [0.1, 0.15) is 0 Å². The van der Waals surface area contributed by atoms with Crippen LogP contribution in [0.25, 0.3) is 5.69 Å². The Kier molecular flexibility index (Phi) is 7.23. The highest BCUT2D eigenvalue weighted by Gasteiger charge is 2.21. The number of carbonyl (C=O) groups excluding carboxylic acids is 1. The van der Waals surface area contributed by atoms with Crippen molar-refractivity contribution in [2.45, 2.75) is 46.6 Å². The number of halogens is 1. The van der Waals surface area contributed by atoms with Gasteiger partial charge in [0.2, 0.25) is 0 Å². The molecule has 5 nitrogen and oxygen atoms in total. The van der Waals surface area contributed by atoms with Gasteiger partial charge in [0, 0.05) is 24.2 Å². The Labute approximate surface area is 161 Å². The third-order valence-corrected chi connectivity index (χ3v) is 4.74. The molecule has 0 radical (unpaired) electrons. The zero-order chi connectivity index (χ0) is 19.3. The Morgan fingerprint density at radius 2 is 1.88 bits per heavy atom. The van der Waals surface area contributed by atoms with Crippen LogP contribution in [0.5, 0.6) is 0 Å². The second-order valence-electron chi connectivity index (χ2n) is 6.96. The highest BCUT2D eigenvalue weighted by molar-refractivity contribution is 6.30. The number of aromatic nitrogens is 2. The van der Waals surface area contributed by atoms with E-state index in [-0.39, 0.29) is 11.8 Å². The van der Waals surface area contributed by atoms with Gasteiger partial charge >= 0.3 is 0 Å². The predicted molar refractivity (Wildman–Crippen MR) is 107 cm³/mol. The number of likely N-dealkylation sites (N-methyl/N-ethyl adjacent to an activating group) is 1. The van der Waals surface area contributed by atoms with Crippen LogP contribution in [0.2, 0.25) is 5.02 Å². The lowest BCUT2D eigenvalue weighted by atomic mass is 10.1. The molecule has 2 aromatic rings. The third-order valence-electron chi connectivity index (χ3n) is 4.49. The molecule has 0 aliphatic heterocycles. The van der Waals surface area contributed by atoms with Crippen molar-refractivity contribution in [3.8, 4) is 5.69 Å². The molecular formula is C20H29ClN4O. The van der Waals surface area contributed by atoms with E-state index in [2.05, 4.69) is 49.9 Å². The second-order valence-corrected chi connectivity index (χ2v) is 7.40. The molecule has 0 bridgehead atoms. The van der Waals surface area contributed by atoms with E-state index in [1.54, 1.807) is 6.20 Å². The van der Waals surface area contributed by atoms with E-state index in [0.717, 1.165) is 24.5 Å². The van der Waals surface area contributed by atoms with Gasteiger partial charge in [0.15, 0.2) is 0 Å². The number of carbonyl (C=O) groups is 1. The fourth-order valence-electron chi connectivity index (χ4n) is 3.07. The van der Waals surface area contributed by atoms with Gasteiger partial charge in [-0.2, -0.15) is 5.10 Å². The summed E-state index contributed by atoms with van der Waals surface area (Å²) in [5.74, 6) is 0.0884. The summed E-state index contributed by atoms with van der Waals surface area (Å²) in [6.45, 7) is 13.0. The normalized spacial score (nSPS) is 11.6. The molecule has 1 heterocycles. The number of amides is 1. The summed E-state index contributed by atoms with van der Waals surface area (Å²) in [5, 5.41) is 8.16. The molecule has 1 amide bonds. The molecule has 1 N–H and O–H groups in total. The molecule has 6 heteroatoms. The van der Waals surface area contributed by atoms with E-state index < -0.39 is 0 Å². The highest BCUT2D eigenvalue weighted by atomic mass is 35.5. The largest absolute Gasteiger partial charge is 0.351 e. The maximum absolute atomic E-state index is 12.7. The van der Waals surface area contributed by atoms with Crippen LogP contribution in [0.4, 0.5) is 0 Å². The van der Waals surface area contributed by atoms with E-state index in [1.165, 1.54) is 0 Å². The maximum Gasteiger partial charge on any atom is 0.254 e. The van der Waals surface area contributed by atoms with E-state index in [4.69, 9.17) is 11.6 Å². The lowest BCUT2D eigenvalue weighted by molar-refractivity contribution is 0.0944. The van der Waals surface area contributed by atoms with Crippen LogP contribution in [-0.2, 0) is 0 Å². The predicted octanol–water partition coefficient (Wildman–Crippen LogP) is 4.11. The number of nitrogens with zero attached hydrogens (tertiary/aromatic N) is 3. The van der Waals surface area contributed by atoms with Crippen molar-refractivity contribution >= 4 is 17.5 Å². The van der Waals surface area contributed by atoms with Gasteiger partial charge < -0.3 is 5.32 Å². The van der Waals surface area contributed by atoms with Crippen LogP contribution in [-0.4, -0.2) is 46.3 Å². The van der Waals surface area contributed by atoms with Crippen LogP contribution >= 0.6 is 11.6 Å². The highest BCUT2D eigenvalue weighted by Crippen LogP contribution is 2.24. The minimum Gasteiger partial charge on any atom is -0.351 e. The first kappa shape index (κ1) is 20.5.